The highest BCUT2D eigenvalue weighted by molar-refractivity contribution is 5.90. The second-order valence-electron chi connectivity index (χ2n) is 8.73. The Balaban J connectivity index is 0.000000174. The molecule has 0 radical (unpaired) electrons. The van der Waals surface area contributed by atoms with Crippen molar-refractivity contribution in [2.24, 2.45) is 21.8 Å². The second-order valence-corrected chi connectivity index (χ2v) is 8.73. The van der Waals surface area contributed by atoms with E-state index in [0.717, 1.165) is 30.7 Å². The van der Waals surface area contributed by atoms with Gasteiger partial charge in [-0.3, -0.25) is 9.98 Å². The fourth-order valence-corrected chi connectivity index (χ4v) is 5.22. The van der Waals surface area contributed by atoms with Crippen molar-refractivity contribution in [2.45, 2.75) is 57.4 Å². The van der Waals surface area contributed by atoms with E-state index in [9.17, 15) is 0 Å². The number of allylic oxidation sites excluding steroid dienone is 2. The van der Waals surface area contributed by atoms with Crippen molar-refractivity contribution in [1.29, 1.82) is 0 Å². The van der Waals surface area contributed by atoms with E-state index in [-0.39, 0.29) is 12.4 Å². The molecule has 6 heteroatoms. The summed E-state index contributed by atoms with van der Waals surface area (Å²) in [6, 6.07) is 0.848. The van der Waals surface area contributed by atoms with Crippen molar-refractivity contribution >= 4 is 23.8 Å². The number of hydrogen-bond acceptors (Lipinski definition) is 5. The van der Waals surface area contributed by atoms with Crippen molar-refractivity contribution in [2.75, 3.05) is 39.3 Å². The Bertz CT molecular complexity index is 607. The second kappa shape index (κ2) is 12.0. The molecule has 0 spiro atoms. The molecule has 5 rings (SSSR count). The van der Waals surface area contributed by atoms with Gasteiger partial charge >= 0.3 is 0 Å². The number of rotatable bonds is 3. The van der Waals surface area contributed by atoms with Crippen LogP contribution in [0.2, 0.25) is 0 Å². The standard InChI is InChI=1S/C14H23N3.C9H14N2.ClH/c1-2-14(16-7-1)12-5-10-17(11-6-12)13-3-8-15-9-4-13;1-2-9(11-5-1)8-3-6-10-7-4-8;/h1,7,12-13,15H,2-6,8-11H2;1,5,8,10H,2-4,6-7H2;1H. The average Bonchev–Trinajstić information content (AvgIpc) is 3.50. The molecule has 29 heavy (non-hydrogen) atoms. The number of hydrogen-bond donors (Lipinski definition) is 2. The fraction of sp³-hybridized carbons (Fsp3) is 0.739. The van der Waals surface area contributed by atoms with Gasteiger partial charge in [0.25, 0.3) is 0 Å². The van der Waals surface area contributed by atoms with Crippen molar-refractivity contribution in [3.63, 3.8) is 0 Å². The largest absolute Gasteiger partial charge is 0.317 e. The minimum atomic E-state index is 0. The van der Waals surface area contributed by atoms with Crippen LogP contribution in [0.25, 0.3) is 0 Å². The molecular formula is C23H38ClN5. The molecule has 0 amide bonds. The predicted molar refractivity (Wildman–Crippen MR) is 125 cm³/mol. The Morgan fingerprint density at radius 1 is 0.690 bits per heavy atom. The van der Waals surface area contributed by atoms with Gasteiger partial charge in [-0.1, -0.05) is 12.2 Å². The molecule has 5 heterocycles. The van der Waals surface area contributed by atoms with E-state index in [1.54, 1.807) is 0 Å². The van der Waals surface area contributed by atoms with Crippen LogP contribution in [0, 0.1) is 11.8 Å². The quantitative estimate of drug-likeness (QED) is 0.735. The SMILES string of the molecule is C1=CN=C(C2CCN(C3CCNCC3)CC2)C1.C1=CN=C(C2CCNCC2)C1.Cl. The molecule has 0 unspecified atom stereocenters. The molecule has 0 aromatic rings. The Hall–Kier alpha value is -1.01. The van der Waals surface area contributed by atoms with Gasteiger partial charge < -0.3 is 15.5 Å². The van der Waals surface area contributed by atoms with Gasteiger partial charge in [-0.05, 0) is 89.6 Å². The maximum Gasteiger partial charge on any atom is 0.0249 e. The molecule has 2 N–H and O–H groups in total. The number of aliphatic imine (C=N–C) groups is 2. The zero-order chi connectivity index (χ0) is 19.0. The summed E-state index contributed by atoms with van der Waals surface area (Å²) in [6.45, 7) is 7.33. The summed E-state index contributed by atoms with van der Waals surface area (Å²) < 4.78 is 0. The van der Waals surface area contributed by atoms with Crippen molar-refractivity contribution < 1.29 is 0 Å². The molecule has 5 aliphatic rings. The van der Waals surface area contributed by atoms with Crippen molar-refractivity contribution in [3.8, 4) is 0 Å². The molecule has 0 saturated carbocycles. The van der Waals surface area contributed by atoms with Crippen LogP contribution in [-0.2, 0) is 0 Å². The first-order valence-electron chi connectivity index (χ1n) is 11.5. The van der Waals surface area contributed by atoms with E-state index in [4.69, 9.17) is 0 Å². The fourth-order valence-electron chi connectivity index (χ4n) is 5.22. The molecular weight excluding hydrogens is 382 g/mol. The van der Waals surface area contributed by atoms with Gasteiger partial charge in [-0.15, -0.1) is 12.4 Å². The molecule has 5 nitrogen and oxygen atoms in total. The smallest absolute Gasteiger partial charge is 0.0249 e. The molecule has 0 aromatic carbocycles. The van der Waals surface area contributed by atoms with Crippen LogP contribution in [0.3, 0.4) is 0 Å². The summed E-state index contributed by atoms with van der Waals surface area (Å²) in [7, 11) is 0. The molecule has 0 atom stereocenters. The van der Waals surface area contributed by atoms with Crippen LogP contribution in [0.4, 0.5) is 0 Å². The molecule has 3 fully saturated rings. The van der Waals surface area contributed by atoms with Gasteiger partial charge in [0.2, 0.25) is 0 Å². The lowest BCUT2D eigenvalue weighted by Crippen LogP contribution is -2.47. The Morgan fingerprint density at radius 3 is 1.66 bits per heavy atom. The summed E-state index contributed by atoms with van der Waals surface area (Å²) >= 11 is 0. The summed E-state index contributed by atoms with van der Waals surface area (Å²) in [6.07, 6.45) is 18.4. The molecule has 0 bridgehead atoms. The van der Waals surface area contributed by atoms with Gasteiger partial charge in [0.05, 0.1) is 0 Å². The van der Waals surface area contributed by atoms with Gasteiger partial charge in [-0.2, -0.15) is 0 Å². The first kappa shape index (κ1) is 22.7. The van der Waals surface area contributed by atoms with Crippen LogP contribution < -0.4 is 10.6 Å². The topological polar surface area (TPSA) is 52.0 Å². The van der Waals surface area contributed by atoms with Crippen molar-refractivity contribution in [3.05, 3.63) is 24.6 Å². The number of halogens is 1. The summed E-state index contributed by atoms with van der Waals surface area (Å²) in [5.41, 5.74) is 2.85. The number of piperidine rings is 3. The predicted octanol–water partition coefficient (Wildman–Crippen LogP) is 3.58. The lowest BCUT2D eigenvalue weighted by molar-refractivity contribution is 0.125. The zero-order valence-electron chi connectivity index (χ0n) is 17.7. The number of nitrogens with one attached hydrogen (secondary N) is 2. The molecule has 3 saturated heterocycles. The highest BCUT2D eigenvalue weighted by Crippen LogP contribution is 2.25. The lowest BCUT2D eigenvalue weighted by atomic mass is 9.89. The maximum atomic E-state index is 4.50. The summed E-state index contributed by atoms with van der Waals surface area (Å²) in [4.78, 5) is 11.6. The maximum absolute atomic E-state index is 4.50. The third-order valence-electron chi connectivity index (χ3n) is 6.98. The molecule has 0 aromatic heterocycles. The van der Waals surface area contributed by atoms with Crippen LogP contribution in [-0.4, -0.2) is 61.6 Å². The Labute approximate surface area is 182 Å². The van der Waals surface area contributed by atoms with E-state index in [1.807, 2.05) is 12.4 Å². The number of nitrogens with zero attached hydrogens (tertiary/aromatic N) is 3. The lowest BCUT2D eigenvalue weighted by Gasteiger charge is -2.39. The third kappa shape index (κ3) is 6.48. The highest BCUT2D eigenvalue weighted by Gasteiger charge is 2.28. The minimum absolute atomic E-state index is 0. The van der Waals surface area contributed by atoms with Gasteiger partial charge in [-0.25, -0.2) is 0 Å². The van der Waals surface area contributed by atoms with Crippen LogP contribution in [0.5, 0.6) is 0 Å². The summed E-state index contributed by atoms with van der Waals surface area (Å²) in [5, 5.41) is 6.82. The van der Waals surface area contributed by atoms with E-state index in [0.29, 0.717) is 0 Å². The monoisotopic (exact) mass is 419 g/mol. The van der Waals surface area contributed by atoms with Crippen molar-refractivity contribution in [1.82, 2.24) is 15.5 Å². The van der Waals surface area contributed by atoms with Gasteiger partial charge in [0.1, 0.15) is 0 Å². The van der Waals surface area contributed by atoms with Crippen LogP contribution >= 0.6 is 12.4 Å². The van der Waals surface area contributed by atoms with Crippen LogP contribution in [0.1, 0.15) is 51.4 Å². The normalized spacial score (nSPS) is 26.5. The van der Waals surface area contributed by atoms with E-state index in [1.165, 1.54) is 89.2 Å². The molecule has 162 valence electrons. The average molecular weight is 420 g/mol. The molecule has 0 aliphatic carbocycles. The van der Waals surface area contributed by atoms with Crippen LogP contribution in [0.15, 0.2) is 34.5 Å². The first-order chi connectivity index (χ1) is 13.9. The third-order valence-corrected chi connectivity index (χ3v) is 6.98. The zero-order valence-corrected chi connectivity index (χ0v) is 18.5. The summed E-state index contributed by atoms with van der Waals surface area (Å²) in [5.74, 6) is 1.54. The van der Waals surface area contributed by atoms with Gasteiger partial charge in [0.15, 0.2) is 0 Å². The minimum Gasteiger partial charge on any atom is -0.317 e. The van der Waals surface area contributed by atoms with E-state index >= 15 is 0 Å². The van der Waals surface area contributed by atoms with E-state index < -0.39 is 0 Å². The first-order valence-corrected chi connectivity index (χ1v) is 11.5. The highest BCUT2D eigenvalue weighted by atomic mass is 35.5. The molecule has 5 aliphatic heterocycles. The van der Waals surface area contributed by atoms with E-state index in [2.05, 4.69) is 37.7 Å². The Kier molecular flexibility index (Phi) is 9.37. The van der Waals surface area contributed by atoms with Gasteiger partial charge in [0, 0.05) is 42.7 Å². The Morgan fingerprint density at radius 2 is 1.17 bits per heavy atom. The number of likely N-dealkylation sites (tertiary alicyclic amines) is 1.